The molecular weight excluding hydrogens is 281 g/mol. The van der Waals surface area contributed by atoms with Crippen LogP contribution in [0.4, 0.5) is 13.2 Å². The van der Waals surface area contributed by atoms with E-state index in [9.17, 15) is 26.4 Å². The molecule has 0 aromatic heterocycles. The molecule has 0 aliphatic rings. The van der Waals surface area contributed by atoms with E-state index in [0.29, 0.717) is 0 Å². The molecule has 0 rings (SSSR count). The molecule has 108 valence electrons. The normalized spacial score (nSPS) is 14.4. The number of aliphatic carboxylic acids is 1. The van der Waals surface area contributed by atoms with Crippen molar-refractivity contribution in [2.75, 3.05) is 20.3 Å². The van der Waals surface area contributed by atoms with E-state index in [1.54, 1.807) is 4.72 Å². The van der Waals surface area contributed by atoms with Gasteiger partial charge in [0.1, 0.15) is 12.6 Å². The standard InChI is InChI=1S/C7H13F3N2O5S/c1-17-3-2-5(6(13)14)12-18(15,16)11-4-7(8,9)10/h5,11-12H,2-4H2,1H3,(H,13,14). The Hall–Kier alpha value is -0.910. The van der Waals surface area contributed by atoms with E-state index in [0.717, 1.165) is 0 Å². The summed E-state index contributed by atoms with van der Waals surface area (Å²) < 4.78 is 65.0. The van der Waals surface area contributed by atoms with E-state index in [4.69, 9.17) is 5.11 Å². The van der Waals surface area contributed by atoms with Gasteiger partial charge in [0.25, 0.3) is 10.2 Å². The summed E-state index contributed by atoms with van der Waals surface area (Å²) in [5.41, 5.74) is 0. The number of carboxylic acids is 1. The van der Waals surface area contributed by atoms with Crippen LogP contribution in [-0.2, 0) is 19.7 Å². The Labute approximate surface area is 101 Å². The highest BCUT2D eigenvalue weighted by Crippen LogP contribution is 2.12. The minimum Gasteiger partial charge on any atom is -0.480 e. The van der Waals surface area contributed by atoms with Crippen molar-refractivity contribution in [2.45, 2.75) is 18.6 Å². The molecule has 0 radical (unpaired) electrons. The van der Waals surface area contributed by atoms with Crippen molar-refractivity contribution in [1.82, 2.24) is 9.44 Å². The summed E-state index contributed by atoms with van der Waals surface area (Å²) in [7, 11) is -3.27. The number of nitrogens with one attached hydrogen (secondary N) is 2. The van der Waals surface area contributed by atoms with Crippen LogP contribution in [-0.4, -0.2) is 52.0 Å². The molecule has 0 spiro atoms. The van der Waals surface area contributed by atoms with Gasteiger partial charge in [-0.15, -0.1) is 0 Å². The number of halogens is 3. The van der Waals surface area contributed by atoms with Gasteiger partial charge in [-0.1, -0.05) is 0 Å². The third kappa shape index (κ3) is 8.22. The topological polar surface area (TPSA) is 105 Å². The van der Waals surface area contributed by atoms with E-state index in [1.807, 2.05) is 0 Å². The molecule has 0 aliphatic heterocycles. The smallest absolute Gasteiger partial charge is 0.402 e. The van der Waals surface area contributed by atoms with Gasteiger partial charge in [0.05, 0.1) is 0 Å². The van der Waals surface area contributed by atoms with Crippen LogP contribution in [0.3, 0.4) is 0 Å². The molecule has 0 saturated carbocycles. The van der Waals surface area contributed by atoms with E-state index in [1.165, 1.54) is 11.8 Å². The van der Waals surface area contributed by atoms with Crippen LogP contribution in [0.5, 0.6) is 0 Å². The fourth-order valence-corrected chi connectivity index (χ4v) is 1.90. The minimum absolute atomic E-state index is 0.0568. The summed E-state index contributed by atoms with van der Waals surface area (Å²) in [6.07, 6.45) is -4.93. The molecule has 1 atom stereocenters. The highest BCUT2D eigenvalue weighted by Gasteiger charge is 2.31. The van der Waals surface area contributed by atoms with Crippen LogP contribution in [0.1, 0.15) is 6.42 Å². The average Bonchev–Trinajstić information content (AvgIpc) is 2.20. The fourth-order valence-electron chi connectivity index (χ4n) is 0.874. The minimum atomic E-state index is -4.72. The van der Waals surface area contributed by atoms with Gasteiger partial charge in [-0.05, 0) is 6.42 Å². The lowest BCUT2D eigenvalue weighted by atomic mass is 10.2. The molecule has 0 heterocycles. The lowest BCUT2D eigenvalue weighted by Crippen LogP contribution is -2.48. The van der Waals surface area contributed by atoms with Gasteiger partial charge in [-0.3, -0.25) is 4.79 Å². The summed E-state index contributed by atoms with van der Waals surface area (Å²) in [5.74, 6) is -1.51. The zero-order valence-corrected chi connectivity index (χ0v) is 10.1. The largest absolute Gasteiger partial charge is 0.480 e. The maximum absolute atomic E-state index is 11.8. The number of rotatable bonds is 8. The van der Waals surface area contributed by atoms with Crippen molar-refractivity contribution < 1.29 is 36.2 Å². The number of ether oxygens (including phenoxy) is 1. The molecule has 0 aromatic carbocycles. The third-order valence-electron chi connectivity index (χ3n) is 1.67. The number of hydrogen-bond donors (Lipinski definition) is 3. The molecule has 1 unspecified atom stereocenters. The van der Waals surface area contributed by atoms with Crippen LogP contribution >= 0.6 is 0 Å². The van der Waals surface area contributed by atoms with Crippen molar-refractivity contribution >= 4 is 16.2 Å². The Morgan fingerprint density at radius 1 is 1.44 bits per heavy atom. The summed E-state index contributed by atoms with van der Waals surface area (Å²) in [6.45, 7) is -1.84. The van der Waals surface area contributed by atoms with Crippen LogP contribution in [0.2, 0.25) is 0 Å². The van der Waals surface area contributed by atoms with E-state index >= 15 is 0 Å². The monoisotopic (exact) mass is 294 g/mol. The van der Waals surface area contributed by atoms with Crippen molar-refractivity contribution in [1.29, 1.82) is 0 Å². The molecule has 3 N–H and O–H groups in total. The predicted octanol–water partition coefficient (Wildman–Crippen LogP) is -0.538. The first-order valence-corrected chi connectivity index (χ1v) is 6.11. The Kier molecular flexibility index (Phi) is 6.52. The highest BCUT2D eigenvalue weighted by atomic mass is 32.2. The maximum atomic E-state index is 11.8. The number of alkyl halides is 3. The van der Waals surface area contributed by atoms with Gasteiger partial charge in [-0.25, -0.2) is 0 Å². The first-order chi connectivity index (χ1) is 8.07. The van der Waals surface area contributed by atoms with Crippen molar-refractivity contribution in [3.63, 3.8) is 0 Å². The third-order valence-corrected chi connectivity index (χ3v) is 2.79. The SMILES string of the molecule is COCCC(NS(=O)(=O)NCC(F)(F)F)C(=O)O. The van der Waals surface area contributed by atoms with Crippen molar-refractivity contribution in [3.05, 3.63) is 0 Å². The molecule has 0 bridgehead atoms. The molecular formula is C7H13F3N2O5S. The number of carbonyl (C=O) groups is 1. The molecule has 11 heteroatoms. The molecule has 0 saturated heterocycles. The maximum Gasteiger partial charge on any atom is 0.402 e. The summed E-state index contributed by atoms with van der Waals surface area (Å²) >= 11 is 0. The summed E-state index contributed by atoms with van der Waals surface area (Å²) in [4.78, 5) is 10.7. The Morgan fingerprint density at radius 3 is 2.39 bits per heavy atom. The second-order valence-corrected chi connectivity index (χ2v) is 4.76. The van der Waals surface area contributed by atoms with E-state index < -0.39 is 34.9 Å². The van der Waals surface area contributed by atoms with Gasteiger partial charge in [-0.2, -0.15) is 31.0 Å². The summed E-state index contributed by atoms with van der Waals surface area (Å²) in [5, 5.41) is 8.66. The Morgan fingerprint density at radius 2 is 2.00 bits per heavy atom. The van der Waals surface area contributed by atoms with Crippen molar-refractivity contribution in [3.8, 4) is 0 Å². The number of methoxy groups -OCH3 is 1. The zero-order chi connectivity index (χ0) is 14.4. The Balaban J connectivity index is 4.47. The quantitative estimate of drug-likeness (QED) is 0.558. The van der Waals surface area contributed by atoms with E-state index in [-0.39, 0.29) is 13.0 Å². The molecule has 0 amide bonds. The summed E-state index contributed by atoms with van der Waals surface area (Å²) in [6, 6.07) is -1.56. The first-order valence-electron chi connectivity index (χ1n) is 4.63. The van der Waals surface area contributed by atoms with Crippen LogP contribution < -0.4 is 9.44 Å². The predicted molar refractivity (Wildman–Crippen MR) is 54.0 cm³/mol. The van der Waals surface area contributed by atoms with E-state index in [2.05, 4.69) is 4.74 Å². The first kappa shape index (κ1) is 17.1. The van der Waals surface area contributed by atoms with Gasteiger partial charge in [0.15, 0.2) is 0 Å². The van der Waals surface area contributed by atoms with Crippen LogP contribution in [0.25, 0.3) is 0 Å². The van der Waals surface area contributed by atoms with Gasteiger partial charge >= 0.3 is 12.1 Å². The number of hydrogen-bond acceptors (Lipinski definition) is 4. The molecule has 7 nitrogen and oxygen atoms in total. The molecule has 0 fully saturated rings. The fraction of sp³-hybridized carbons (Fsp3) is 0.857. The van der Waals surface area contributed by atoms with Crippen LogP contribution in [0.15, 0.2) is 0 Å². The van der Waals surface area contributed by atoms with Gasteiger partial charge in [0.2, 0.25) is 0 Å². The number of carboxylic acid groups (broad SMARTS) is 1. The lowest BCUT2D eigenvalue weighted by Gasteiger charge is -2.15. The van der Waals surface area contributed by atoms with Gasteiger partial charge in [0, 0.05) is 13.7 Å². The second kappa shape index (κ2) is 6.87. The molecule has 0 aliphatic carbocycles. The zero-order valence-electron chi connectivity index (χ0n) is 9.32. The highest BCUT2D eigenvalue weighted by molar-refractivity contribution is 7.87. The Bertz CT molecular complexity index is 370. The molecule has 18 heavy (non-hydrogen) atoms. The molecule has 0 aromatic rings. The second-order valence-electron chi connectivity index (χ2n) is 3.23. The van der Waals surface area contributed by atoms with Crippen LogP contribution in [0, 0.1) is 0 Å². The van der Waals surface area contributed by atoms with Gasteiger partial charge < -0.3 is 9.84 Å². The van der Waals surface area contributed by atoms with Crippen molar-refractivity contribution in [2.24, 2.45) is 0 Å². The average molecular weight is 294 g/mol. The lowest BCUT2D eigenvalue weighted by molar-refractivity contribution is -0.139.